The van der Waals surface area contributed by atoms with Crippen LogP contribution in [-0.2, 0) is 0 Å². The van der Waals surface area contributed by atoms with E-state index in [-0.39, 0.29) is 5.76 Å². The molecule has 10 heavy (non-hydrogen) atoms. The molecule has 0 aliphatic rings. The summed E-state index contributed by atoms with van der Waals surface area (Å²) in [7, 11) is 0. The van der Waals surface area contributed by atoms with Crippen LogP contribution in [0.4, 0.5) is 0 Å². The quantitative estimate of drug-likeness (QED) is 0.468. The lowest BCUT2D eigenvalue weighted by molar-refractivity contribution is 0.514. The Morgan fingerprint density at radius 2 is 1.80 bits per heavy atom. The van der Waals surface area contributed by atoms with Gasteiger partial charge >= 0.3 is 0 Å². The molecule has 0 fully saturated rings. The van der Waals surface area contributed by atoms with Crippen molar-refractivity contribution in [1.29, 1.82) is 0 Å². The van der Waals surface area contributed by atoms with Crippen molar-refractivity contribution in [2.75, 3.05) is 0 Å². The predicted molar refractivity (Wildman–Crippen MR) is 45.4 cm³/mol. The van der Waals surface area contributed by atoms with Crippen molar-refractivity contribution in [2.24, 2.45) is 0 Å². The maximum Gasteiger partial charge on any atom is 0.115 e. The fraction of sp³-hybridized carbons (Fsp3) is 0. The Bertz CT molecular complexity index is 238. The Kier molecular flexibility index (Phi) is 2.02. The van der Waals surface area contributed by atoms with E-state index in [0.717, 1.165) is 10.5 Å². The highest BCUT2D eigenvalue weighted by molar-refractivity contribution is 7.80. The van der Waals surface area contributed by atoms with Gasteiger partial charge in [-0.3, -0.25) is 0 Å². The fourth-order valence-electron chi connectivity index (χ4n) is 0.654. The van der Waals surface area contributed by atoms with Crippen molar-refractivity contribution in [2.45, 2.75) is 4.90 Å². The van der Waals surface area contributed by atoms with Gasteiger partial charge in [-0.25, -0.2) is 0 Å². The summed E-state index contributed by atoms with van der Waals surface area (Å²) in [6.07, 6.45) is 0. The minimum Gasteiger partial charge on any atom is -0.508 e. The second-order valence-electron chi connectivity index (χ2n) is 1.99. The van der Waals surface area contributed by atoms with Crippen molar-refractivity contribution < 1.29 is 5.11 Å². The third-order valence-electron chi connectivity index (χ3n) is 1.20. The Labute approximate surface area is 65.4 Å². The zero-order valence-electron chi connectivity index (χ0n) is 5.41. The van der Waals surface area contributed by atoms with Crippen LogP contribution in [-0.4, -0.2) is 5.11 Å². The zero-order valence-corrected chi connectivity index (χ0v) is 6.31. The zero-order chi connectivity index (χ0) is 7.56. The van der Waals surface area contributed by atoms with Crippen LogP contribution < -0.4 is 0 Å². The Balaban J connectivity index is 3.00. The minimum absolute atomic E-state index is 0.0910. The molecule has 1 rings (SSSR count). The fourth-order valence-corrected chi connectivity index (χ4v) is 0.803. The maximum absolute atomic E-state index is 8.90. The Hall–Kier alpha value is -0.890. The van der Waals surface area contributed by atoms with Crippen molar-refractivity contribution in [3.05, 3.63) is 36.4 Å². The van der Waals surface area contributed by atoms with Crippen LogP contribution in [0.2, 0.25) is 0 Å². The van der Waals surface area contributed by atoms with Gasteiger partial charge in [0, 0.05) is 10.5 Å². The van der Waals surface area contributed by atoms with Gasteiger partial charge in [0.1, 0.15) is 5.76 Å². The van der Waals surface area contributed by atoms with Crippen molar-refractivity contribution >= 4 is 18.4 Å². The van der Waals surface area contributed by atoms with Gasteiger partial charge in [0.2, 0.25) is 0 Å². The van der Waals surface area contributed by atoms with Crippen molar-refractivity contribution in [3.63, 3.8) is 0 Å². The van der Waals surface area contributed by atoms with Gasteiger partial charge in [-0.1, -0.05) is 18.7 Å². The summed E-state index contributed by atoms with van der Waals surface area (Å²) in [6.45, 7) is 3.39. The second kappa shape index (κ2) is 2.80. The molecule has 0 heterocycles. The summed E-state index contributed by atoms with van der Waals surface area (Å²) < 4.78 is 0. The maximum atomic E-state index is 8.90. The molecule has 1 N–H and O–H groups in total. The first kappa shape index (κ1) is 7.22. The SMILES string of the molecule is C=C(O)c1ccc(S)cc1. The monoisotopic (exact) mass is 152 g/mol. The molecule has 0 radical (unpaired) electrons. The summed E-state index contributed by atoms with van der Waals surface area (Å²) in [5.74, 6) is 0.0910. The van der Waals surface area contributed by atoms with Gasteiger partial charge in [0.05, 0.1) is 0 Å². The van der Waals surface area contributed by atoms with Crippen LogP contribution >= 0.6 is 12.6 Å². The van der Waals surface area contributed by atoms with Crippen LogP contribution in [0, 0.1) is 0 Å². The first-order valence-corrected chi connectivity index (χ1v) is 3.32. The molecule has 1 aromatic rings. The summed E-state index contributed by atoms with van der Waals surface area (Å²) in [6, 6.07) is 7.15. The molecule has 0 aliphatic heterocycles. The second-order valence-corrected chi connectivity index (χ2v) is 2.51. The van der Waals surface area contributed by atoms with Crippen LogP contribution in [0.15, 0.2) is 35.7 Å². The molecule has 0 spiro atoms. The molecule has 0 saturated carbocycles. The van der Waals surface area contributed by atoms with E-state index >= 15 is 0 Å². The molecular weight excluding hydrogens is 144 g/mol. The smallest absolute Gasteiger partial charge is 0.115 e. The Morgan fingerprint density at radius 3 is 2.20 bits per heavy atom. The highest BCUT2D eigenvalue weighted by atomic mass is 32.1. The third-order valence-corrected chi connectivity index (χ3v) is 1.50. The lowest BCUT2D eigenvalue weighted by Gasteiger charge is -1.96. The third kappa shape index (κ3) is 1.54. The molecule has 0 aromatic heterocycles. The van der Waals surface area contributed by atoms with E-state index in [9.17, 15) is 0 Å². The molecule has 0 aliphatic carbocycles. The normalized spacial score (nSPS) is 9.30. The molecule has 52 valence electrons. The summed E-state index contributed by atoms with van der Waals surface area (Å²) in [4.78, 5) is 0.880. The van der Waals surface area contributed by atoms with Gasteiger partial charge in [-0.15, -0.1) is 12.6 Å². The number of aliphatic hydroxyl groups is 1. The molecule has 1 aromatic carbocycles. The van der Waals surface area contributed by atoms with E-state index < -0.39 is 0 Å². The van der Waals surface area contributed by atoms with E-state index in [1.807, 2.05) is 0 Å². The van der Waals surface area contributed by atoms with Gasteiger partial charge in [-0.05, 0) is 12.1 Å². The molecule has 0 amide bonds. The lowest BCUT2D eigenvalue weighted by atomic mass is 10.2. The Morgan fingerprint density at radius 1 is 1.30 bits per heavy atom. The summed E-state index contributed by atoms with van der Waals surface area (Å²) >= 11 is 4.09. The molecule has 0 unspecified atom stereocenters. The predicted octanol–water partition coefficient (Wildman–Crippen LogP) is 2.50. The van der Waals surface area contributed by atoms with Gasteiger partial charge in [0.15, 0.2) is 0 Å². The lowest BCUT2D eigenvalue weighted by Crippen LogP contribution is -1.78. The largest absolute Gasteiger partial charge is 0.508 e. The van der Waals surface area contributed by atoms with Gasteiger partial charge < -0.3 is 5.11 Å². The number of hydrogen-bond acceptors (Lipinski definition) is 2. The topological polar surface area (TPSA) is 20.2 Å². The number of hydrogen-bond donors (Lipinski definition) is 2. The van der Waals surface area contributed by atoms with Crippen LogP contribution in [0.3, 0.4) is 0 Å². The van der Waals surface area contributed by atoms with Gasteiger partial charge in [-0.2, -0.15) is 0 Å². The first-order chi connectivity index (χ1) is 4.70. The van der Waals surface area contributed by atoms with Crippen LogP contribution in [0.1, 0.15) is 5.56 Å². The number of benzene rings is 1. The standard InChI is InChI=1S/C8H8OS/c1-6(9)7-2-4-8(10)5-3-7/h2-5,9-10H,1H2. The molecule has 0 atom stereocenters. The molecule has 1 nitrogen and oxygen atoms in total. The first-order valence-electron chi connectivity index (χ1n) is 2.87. The van der Waals surface area contributed by atoms with Crippen LogP contribution in [0.25, 0.3) is 5.76 Å². The van der Waals surface area contributed by atoms with E-state index in [0.29, 0.717) is 0 Å². The minimum atomic E-state index is 0.0910. The average molecular weight is 152 g/mol. The summed E-state index contributed by atoms with van der Waals surface area (Å²) in [5, 5.41) is 8.90. The number of thiol groups is 1. The van der Waals surface area contributed by atoms with E-state index in [2.05, 4.69) is 19.2 Å². The molecule has 2 heteroatoms. The molecular formula is C8H8OS. The van der Waals surface area contributed by atoms with Gasteiger partial charge in [0.25, 0.3) is 0 Å². The van der Waals surface area contributed by atoms with Crippen molar-refractivity contribution in [3.8, 4) is 0 Å². The van der Waals surface area contributed by atoms with E-state index in [1.54, 1.807) is 24.3 Å². The number of aliphatic hydroxyl groups excluding tert-OH is 1. The van der Waals surface area contributed by atoms with E-state index in [4.69, 9.17) is 5.11 Å². The number of rotatable bonds is 1. The highest BCUT2D eigenvalue weighted by Gasteiger charge is 1.92. The molecule has 0 bridgehead atoms. The average Bonchev–Trinajstić information content (AvgIpc) is 1.88. The van der Waals surface area contributed by atoms with Crippen LogP contribution in [0.5, 0.6) is 0 Å². The highest BCUT2D eigenvalue weighted by Crippen LogP contribution is 2.12. The van der Waals surface area contributed by atoms with Crippen molar-refractivity contribution in [1.82, 2.24) is 0 Å². The summed E-state index contributed by atoms with van der Waals surface area (Å²) in [5.41, 5.74) is 0.734. The molecule has 0 saturated heterocycles. The van der Waals surface area contributed by atoms with E-state index in [1.165, 1.54) is 0 Å².